The number of carbonyl (C=O) groups excluding carboxylic acids is 1. The third kappa shape index (κ3) is 13.4. The van der Waals surface area contributed by atoms with Crippen molar-refractivity contribution in [2.45, 2.75) is 124 Å². The van der Waals surface area contributed by atoms with Crippen LogP contribution in [0.15, 0.2) is 18.2 Å². The van der Waals surface area contributed by atoms with E-state index in [9.17, 15) is 9.90 Å². The maximum Gasteiger partial charge on any atom is 0.305 e. The summed E-state index contributed by atoms with van der Waals surface area (Å²) in [6.45, 7) is 11.6. The van der Waals surface area contributed by atoms with E-state index in [1.165, 1.54) is 31.2 Å². The van der Waals surface area contributed by atoms with Crippen LogP contribution in [0.25, 0.3) is 11.3 Å². The SMILES string of the molecule is CCCC(=O)OCC.CCCCCCC(CC)Nc1nnc(-c2ccc(OC)cc2O)c(CCCOC)c1CCCC. The molecule has 8 heteroatoms. The number of aromatic nitrogens is 2. The lowest BCUT2D eigenvalue weighted by Crippen LogP contribution is -2.22. The molecule has 0 bridgehead atoms. The molecule has 2 N–H and O–H groups in total. The normalized spacial score (nSPS) is 11.4. The molecular formula is C34H57N3O5. The third-order valence-electron chi connectivity index (χ3n) is 7.20. The van der Waals surface area contributed by atoms with E-state index in [4.69, 9.17) is 9.47 Å². The Balaban J connectivity index is 0.000000962. The van der Waals surface area contributed by atoms with Gasteiger partial charge in [-0.25, -0.2) is 0 Å². The number of unbranched alkanes of at least 4 members (excludes halogenated alkanes) is 4. The molecule has 1 aromatic heterocycles. The summed E-state index contributed by atoms with van der Waals surface area (Å²) in [6, 6.07) is 5.75. The van der Waals surface area contributed by atoms with E-state index >= 15 is 0 Å². The van der Waals surface area contributed by atoms with E-state index in [0.717, 1.165) is 68.4 Å². The van der Waals surface area contributed by atoms with E-state index in [1.54, 1.807) is 20.3 Å². The van der Waals surface area contributed by atoms with Gasteiger partial charge in [0.25, 0.3) is 0 Å². The van der Waals surface area contributed by atoms with Gasteiger partial charge >= 0.3 is 5.97 Å². The molecule has 2 rings (SSSR count). The summed E-state index contributed by atoms with van der Waals surface area (Å²) in [6.07, 6.45) is 13.5. The number of aromatic hydroxyl groups is 1. The van der Waals surface area contributed by atoms with Gasteiger partial charge in [0.15, 0.2) is 5.82 Å². The lowest BCUT2D eigenvalue weighted by Gasteiger charge is -2.23. The maximum atomic E-state index is 10.7. The topological polar surface area (TPSA) is 103 Å². The van der Waals surface area contributed by atoms with Gasteiger partial charge < -0.3 is 24.6 Å². The monoisotopic (exact) mass is 587 g/mol. The molecular weight excluding hydrogens is 530 g/mol. The quantitative estimate of drug-likeness (QED) is 0.118. The maximum absolute atomic E-state index is 10.7. The molecule has 42 heavy (non-hydrogen) atoms. The first-order valence-corrected chi connectivity index (χ1v) is 16.1. The molecule has 1 aromatic carbocycles. The van der Waals surface area contributed by atoms with Gasteiger partial charge in [-0.05, 0) is 69.6 Å². The Labute approximate surface area is 255 Å². The summed E-state index contributed by atoms with van der Waals surface area (Å²) >= 11 is 0. The van der Waals surface area contributed by atoms with Gasteiger partial charge in [0.05, 0.1) is 13.7 Å². The molecule has 1 heterocycles. The number of nitrogens with one attached hydrogen (secondary N) is 1. The molecule has 0 radical (unpaired) electrons. The predicted molar refractivity (Wildman–Crippen MR) is 172 cm³/mol. The summed E-state index contributed by atoms with van der Waals surface area (Å²) in [5.74, 6) is 1.59. The fourth-order valence-electron chi connectivity index (χ4n) is 4.79. The van der Waals surface area contributed by atoms with Gasteiger partial charge in [-0.3, -0.25) is 4.79 Å². The van der Waals surface area contributed by atoms with E-state index in [1.807, 2.05) is 26.0 Å². The summed E-state index contributed by atoms with van der Waals surface area (Å²) in [4.78, 5) is 10.4. The van der Waals surface area contributed by atoms with Crippen LogP contribution >= 0.6 is 0 Å². The second-order valence-electron chi connectivity index (χ2n) is 10.6. The minimum absolute atomic E-state index is 0.0880. The van der Waals surface area contributed by atoms with Gasteiger partial charge in [0.1, 0.15) is 17.2 Å². The summed E-state index contributed by atoms with van der Waals surface area (Å²) in [7, 11) is 3.33. The standard InChI is InChI=1S/C28H45N3O3.C6H12O2/c1-6-9-11-12-14-21(8-3)29-28-24(15-10-7-2)23(16-13-19-33-4)27(30-31-28)25-18-17-22(34-5)20-26(25)32;1-3-5-6(7)8-4-2/h17-18,20-21,32H,6-16,19H2,1-5H3,(H,29,31);3-5H2,1-2H3. The molecule has 238 valence electrons. The second kappa shape index (κ2) is 22.7. The zero-order valence-electron chi connectivity index (χ0n) is 27.4. The Kier molecular flexibility index (Phi) is 20.1. The van der Waals surface area contributed by atoms with Crippen molar-refractivity contribution in [2.75, 3.05) is 32.8 Å². The highest BCUT2D eigenvalue weighted by molar-refractivity contribution is 5.73. The largest absolute Gasteiger partial charge is 0.507 e. The lowest BCUT2D eigenvalue weighted by atomic mass is 9.94. The number of phenolic OH excluding ortho intramolecular Hbond substituents is 1. The van der Waals surface area contributed by atoms with Crippen molar-refractivity contribution in [1.29, 1.82) is 0 Å². The van der Waals surface area contributed by atoms with Gasteiger partial charge in [-0.15, -0.1) is 10.2 Å². The number of hydrogen-bond donors (Lipinski definition) is 2. The zero-order chi connectivity index (χ0) is 31.2. The Bertz CT molecular complexity index is 1010. The molecule has 0 spiro atoms. The summed E-state index contributed by atoms with van der Waals surface area (Å²) < 4.78 is 15.3. The molecule has 8 nitrogen and oxygen atoms in total. The number of carbonyl (C=O) groups is 1. The van der Waals surface area contributed by atoms with Gasteiger partial charge in [-0.2, -0.15) is 0 Å². The number of anilines is 1. The van der Waals surface area contributed by atoms with Crippen LogP contribution in [0.3, 0.4) is 0 Å². The number of methoxy groups -OCH3 is 2. The Hall–Kier alpha value is -2.87. The van der Waals surface area contributed by atoms with Crippen molar-refractivity contribution in [3.63, 3.8) is 0 Å². The number of hydrogen-bond acceptors (Lipinski definition) is 8. The summed E-state index contributed by atoms with van der Waals surface area (Å²) in [5.41, 5.74) is 3.83. The Morgan fingerprint density at radius 3 is 2.24 bits per heavy atom. The molecule has 1 unspecified atom stereocenters. The summed E-state index contributed by atoms with van der Waals surface area (Å²) in [5, 5.41) is 23.8. The predicted octanol–water partition coefficient (Wildman–Crippen LogP) is 8.29. The molecule has 0 aliphatic rings. The first kappa shape index (κ1) is 37.2. The van der Waals surface area contributed by atoms with Crippen molar-refractivity contribution in [2.24, 2.45) is 0 Å². The van der Waals surface area contributed by atoms with Gasteiger partial charge in [0, 0.05) is 43.4 Å². The molecule has 0 saturated heterocycles. The van der Waals surface area contributed by atoms with Gasteiger partial charge in [0.2, 0.25) is 0 Å². The van der Waals surface area contributed by atoms with E-state index in [2.05, 4.69) is 41.0 Å². The third-order valence-corrected chi connectivity index (χ3v) is 7.20. The molecule has 0 aliphatic carbocycles. The smallest absolute Gasteiger partial charge is 0.305 e. The highest BCUT2D eigenvalue weighted by Crippen LogP contribution is 2.36. The minimum atomic E-state index is -0.0880. The van der Waals surface area contributed by atoms with Crippen LogP contribution in [0.4, 0.5) is 5.82 Å². The zero-order valence-corrected chi connectivity index (χ0v) is 27.4. The van der Waals surface area contributed by atoms with Crippen molar-refractivity contribution in [3.8, 4) is 22.8 Å². The first-order chi connectivity index (χ1) is 20.4. The van der Waals surface area contributed by atoms with E-state index < -0.39 is 0 Å². The van der Waals surface area contributed by atoms with Crippen LogP contribution in [0.1, 0.15) is 116 Å². The van der Waals surface area contributed by atoms with Crippen molar-refractivity contribution < 1.29 is 24.1 Å². The number of nitrogens with zero attached hydrogens (tertiary/aromatic N) is 2. The van der Waals surface area contributed by atoms with Crippen LogP contribution in [0.5, 0.6) is 11.5 Å². The van der Waals surface area contributed by atoms with Crippen LogP contribution in [-0.4, -0.2) is 54.7 Å². The Morgan fingerprint density at radius 1 is 0.905 bits per heavy atom. The average molecular weight is 588 g/mol. The van der Waals surface area contributed by atoms with Crippen LogP contribution in [-0.2, 0) is 27.1 Å². The highest BCUT2D eigenvalue weighted by atomic mass is 16.5. The number of ether oxygens (including phenoxy) is 3. The first-order valence-electron chi connectivity index (χ1n) is 16.1. The molecule has 0 saturated carbocycles. The van der Waals surface area contributed by atoms with Gasteiger partial charge in [-0.1, -0.05) is 59.8 Å². The van der Waals surface area contributed by atoms with Crippen LogP contribution in [0, 0.1) is 0 Å². The van der Waals surface area contributed by atoms with E-state index in [-0.39, 0.29) is 11.7 Å². The lowest BCUT2D eigenvalue weighted by molar-refractivity contribution is -0.143. The minimum Gasteiger partial charge on any atom is -0.507 e. The average Bonchev–Trinajstić information content (AvgIpc) is 2.99. The number of rotatable bonds is 20. The van der Waals surface area contributed by atoms with E-state index in [0.29, 0.717) is 37.0 Å². The molecule has 2 aromatic rings. The molecule has 0 fully saturated rings. The number of esters is 1. The number of benzene rings is 1. The van der Waals surface area contributed by atoms with Crippen LogP contribution in [0.2, 0.25) is 0 Å². The molecule has 0 amide bonds. The number of phenols is 1. The fraction of sp³-hybridized carbons (Fsp3) is 0.676. The van der Waals surface area contributed by atoms with Crippen molar-refractivity contribution >= 4 is 11.8 Å². The fourth-order valence-corrected chi connectivity index (χ4v) is 4.79. The second-order valence-corrected chi connectivity index (χ2v) is 10.6. The van der Waals surface area contributed by atoms with Crippen molar-refractivity contribution in [3.05, 3.63) is 29.3 Å². The molecule has 0 aliphatic heterocycles. The van der Waals surface area contributed by atoms with Crippen molar-refractivity contribution in [1.82, 2.24) is 10.2 Å². The molecule has 1 atom stereocenters. The van der Waals surface area contributed by atoms with Crippen LogP contribution < -0.4 is 10.1 Å². The Morgan fingerprint density at radius 2 is 1.64 bits per heavy atom. The highest BCUT2D eigenvalue weighted by Gasteiger charge is 2.21.